The lowest BCUT2D eigenvalue weighted by Gasteiger charge is -2.21. The molecule has 0 bridgehead atoms. The fourth-order valence-electron chi connectivity index (χ4n) is 3.26. The highest BCUT2D eigenvalue weighted by Gasteiger charge is 2.38. The summed E-state index contributed by atoms with van der Waals surface area (Å²) in [6.07, 6.45) is 6.69. The van der Waals surface area contributed by atoms with Crippen LogP contribution in [-0.2, 0) is 4.79 Å². The van der Waals surface area contributed by atoms with Crippen molar-refractivity contribution < 1.29 is 19.8 Å². The maximum Gasteiger partial charge on any atom is 0.326 e. The zero-order valence-electron chi connectivity index (χ0n) is 11.8. The number of nitrogens with one attached hydrogen (secondary N) is 1. The molecule has 2 rings (SSSR count). The predicted molar refractivity (Wildman–Crippen MR) is 73.3 cm³/mol. The molecule has 0 aromatic carbocycles. The molecule has 2 amide bonds. The van der Waals surface area contributed by atoms with Crippen molar-refractivity contribution in [1.29, 1.82) is 0 Å². The van der Waals surface area contributed by atoms with Crippen LogP contribution in [0, 0.1) is 5.92 Å². The Morgan fingerprint density at radius 3 is 2.60 bits per heavy atom. The van der Waals surface area contributed by atoms with Gasteiger partial charge in [0.15, 0.2) is 0 Å². The smallest absolute Gasteiger partial charge is 0.326 e. The van der Waals surface area contributed by atoms with Gasteiger partial charge in [0.2, 0.25) is 0 Å². The van der Waals surface area contributed by atoms with Crippen LogP contribution in [0.1, 0.15) is 44.9 Å². The second-order valence-electron chi connectivity index (χ2n) is 5.92. The molecular formula is C14H24N2O4. The predicted octanol–water partition coefficient (Wildman–Crippen LogP) is 1.19. The third-order valence-corrected chi connectivity index (χ3v) is 4.37. The summed E-state index contributed by atoms with van der Waals surface area (Å²) in [7, 11) is 0. The third kappa shape index (κ3) is 3.85. The van der Waals surface area contributed by atoms with E-state index in [0.717, 1.165) is 18.8 Å². The van der Waals surface area contributed by atoms with Crippen LogP contribution in [-0.4, -0.2) is 52.3 Å². The molecule has 1 aliphatic heterocycles. The minimum absolute atomic E-state index is 0.103. The van der Waals surface area contributed by atoms with Gasteiger partial charge in [-0.15, -0.1) is 0 Å². The minimum Gasteiger partial charge on any atom is -0.480 e. The molecule has 6 nitrogen and oxygen atoms in total. The SMILES string of the molecule is O=C(O)[C@@H]1CC(O)CN1C(=O)NCCCC1CCCC1. The average molecular weight is 284 g/mol. The number of β-amino-alcohol motifs (C(OH)–C–C–N with tert-alkyl or cyclic N) is 1. The molecule has 1 saturated carbocycles. The van der Waals surface area contributed by atoms with Gasteiger partial charge in [0.05, 0.1) is 6.10 Å². The number of hydrogen-bond donors (Lipinski definition) is 3. The maximum absolute atomic E-state index is 11.9. The van der Waals surface area contributed by atoms with Crippen LogP contribution in [0.15, 0.2) is 0 Å². The van der Waals surface area contributed by atoms with Crippen molar-refractivity contribution in [3.8, 4) is 0 Å². The van der Waals surface area contributed by atoms with Gasteiger partial charge in [-0.2, -0.15) is 0 Å². The number of carbonyl (C=O) groups is 2. The van der Waals surface area contributed by atoms with Crippen LogP contribution < -0.4 is 5.32 Å². The Balaban J connectivity index is 1.69. The van der Waals surface area contributed by atoms with Crippen molar-refractivity contribution in [2.24, 2.45) is 5.92 Å². The first-order valence-electron chi connectivity index (χ1n) is 7.53. The van der Waals surface area contributed by atoms with E-state index in [4.69, 9.17) is 5.11 Å². The van der Waals surface area contributed by atoms with E-state index in [1.807, 2.05) is 0 Å². The second-order valence-corrected chi connectivity index (χ2v) is 5.92. The van der Waals surface area contributed by atoms with Crippen LogP contribution in [0.4, 0.5) is 4.79 Å². The molecule has 0 spiro atoms. The van der Waals surface area contributed by atoms with Crippen LogP contribution in [0.3, 0.4) is 0 Å². The van der Waals surface area contributed by atoms with Crippen LogP contribution in [0.5, 0.6) is 0 Å². The lowest BCUT2D eigenvalue weighted by Crippen LogP contribution is -2.46. The molecule has 0 aromatic rings. The Kier molecular flexibility index (Phi) is 5.23. The third-order valence-electron chi connectivity index (χ3n) is 4.37. The summed E-state index contributed by atoms with van der Waals surface area (Å²) in [6.45, 7) is 0.680. The number of rotatable bonds is 5. The van der Waals surface area contributed by atoms with Crippen molar-refractivity contribution in [2.45, 2.75) is 57.1 Å². The van der Waals surface area contributed by atoms with Crippen molar-refractivity contribution in [3.05, 3.63) is 0 Å². The van der Waals surface area contributed by atoms with Crippen LogP contribution in [0.25, 0.3) is 0 Å². The van der Waals surface area contributed by atoms with E-state index in [-0.39, 0.29) is 19.0 Å². The van der Waals surface area contributed by atoms with Crippen LogP contribution >= 0.6 is 0 Å². The van der Waals surface area contributed by atoms with Gasteiger partial charge in [0.25, 0.3) is 0 Å². The molecule has 2 atom stereocenters. The maximum atomic E-state index is 11.9. The zero-order chi connectivity index (χ0) is 14.5. The minimum atomic E-state index is -1.05. The van der Waals surface area contributed by atoms with Crippen LogP contribution in [0.2, 0.25) is 0 Å². The lowest BCUT2D eigenvalue weighted by molar-refractivity contribution is -0.141. The number of aliphatic hydroxyl groups excluding tert-OH is 1. The molecule has 1 heterocycles. The summed E-state index contributed by atoms with van der Waals surface area (Å²) in [5.41, 5.74) is 0. The van der Waals surface area contributed by atoms with Gasteiger partial charge in [-0.3, -0.25) is 0 Å². The van der Waals surface area contributed by atoms with E-state index in [1.54, 1.807) is 0 Å². The van der Waals surface area contributed by atoms with E-state index in [9.17, 15) is 14.7 Å². The Labute approximate surface area is 119 Å². The highest BCUT2D eigenvalue weighted by molar-refractivity contribution is 5.83. The molecular weight excluding hydrogens is 260 g/mol. The van der Waals surface area contributed by atoms with Gasteiger partial charge in [-0.25, -0.2) is 9.59 Å². The fourth-order valence-corrected chi connectivity index (χ4v) is 3.26. The molecule has 2 aliphatic rings. The standard InChI is InChI=1S/C14H24N2O4/c17-11-8-12(13(18)19)16(9-11)14(20)15-7-3-6-10-4-1-2-5-10/h10-12,17H,1-9H2,(H,15,20)(H,18,19)/t11?,12-/m0/s1. The summed E-state index contributed by atoms with van der Waals surface area (Å²) in [6, 6.07) is -1.28. The Bertz CT molecular complexity index is 355. The summed E-state index contributed by atoms with van der Waals surface area (Å²) in [5.74, 6) is -0.255. The van der Waals surface area contributed by atoms with Gasteiger partial charge in [-0.05, 0) is 18.8 Å². The largest absolute Gasteiger partial charge is 0.480 e. The zero-order valence-corrected chi connectivity index (χ0v) is 11.8. The van der Waals surface area contributed by atoms with Gasteiger partial charge >= 0.3 is 12.0 Å². The summed E-state index contributed by atoms with van der Waals surface area (Å²) in [4.78, 5) is 24.2. The first-order chi connectivity index (χ1) is 9.58. The molecule has 6 heteroatoms. The number of nitrogens with zero attached hydrogens (tertiary/aromatic N) is 1. The Morgan fingerprint density at radius 2 is 1.95 bits per heavy atom. The average Bonchev–Trinajstić information content (AvgIpc) is 3.03. The van der Waals surface area contributed by atoms with Gasteiger partial charge in [0, 0.05) is 19.5 Å². The molecule has 1 saturated heterocycles. The van der Waals surface area contributed by atoms with E-state index in [0.29, 0.717) is 6.54 Å². The highest BCUT2D eigenvalue weighted by Crippen LogP contribution is 2.28. The number of hydrogen-bond acceptors (Lipinski definition) is 3. The molecule has 1 aliphatic carbocycles. The summed E-state index contributed by atoms with van der Waals surface area (Å²) in [5, 5.41) is 21.3. The molecule has 1 unspecified atom stereocenters. The first kappa shape index (κ1) is 15.1. The number of carboxylic acids is 1. The molecule has 0 aromatic heterocycles. The normalized spacial score (nSPS) is 26.9. The van der Waals surface area contributed by atoms with E-state index in [1.165, 1.54) is 30.6 Å². The van der Waals surface area contributed by atoms with Crippen molar-refractivity contribution in [2.75, 3.05) is 13.1 Å². The number of aliphatic hydroxyl groups is 1. The topological polar surface area (TPSA) is 89.9 Å². The molecule has 3 N–H and O–H groups in total. The van der Waals surface area contributed by atoms with E-state index in [2.05, 4.69) is 5.32 Å². The molecule has 114 valence electrons. The van der Waals surface area contributed by atoms with Crippen molar-refractivity contribution in [3.63, 3.8) is 0 Å². The number of carbonyl (C=O) groups excluding carboxylic acids is 1. The van der Waals surface area contributed by atoms with Crippen molar-refractivity contribution in [1.82, 2.24) is 10.2 Å². The van der Waals surface area contributed by atoms with E-state index >= 15 is 0 Å². The number of urea groups is 1. The fraction of sp³-hybridized carbons (Fsp3) is 0.857. The quantitative estimate of drug-likeness (QED) is 0.661. The monoisotopic (exact) mass is 284 g/mol. The number of aliphatic carboxylic acids is 1. The number of carboxylic acid groups (broad SMARTS) is 1. The molecule has 20 heavy (non-hydrogen) atoms. The molecule has 0 radical (unpaired) electrons. The van der Waals surface area contributed by atoms with Crippen molar-refractivity contribution >= 4 is 12.0 Å². The summed E-state index contributed by atoms with van der Waals surface area (Å²) >= 11 is 0. The Hall–Kier alpha value is -1.30. The number of amides is 2. The van der Waals surface area contributed by atoms with E-state index < -0.39 is 18.1 Å². The second kappa shape index (κ2) is 6.92. The first-order valence-corrected chi connectivity index (χ1v) is 7.53. The number of likely N-dealkylation sites (tertiary alicyclic amines) is 1. The van der Waals surface area contributed by atoms with Gasteiger partial charge < -0.3 is 20.4 Å². The van der Waals surface area contributed by atoms with Gasteiger partial charge in [-0.1, -0.05) is 25.7 Å². The van der Waals surface area contributed by atoms with Gasteiger partial charge in [0.1, 0.15) is 6.04 Å². The highest BCUT2D eigenvalue weighted by atomic mass is 16.4. The Morgan fingerprint density at radius 1 is 1.25 bits per heavy atom. The summed E-state index contributed by atoms with van der Waals surface area (Å²) < 4.78 is 0. The molecule has 2 fully saturated rings. The lowest BCUT2D eigenvalue weighted by atomic mass is 10.0.